The van der Waals surface area contributed by atoms with Crippen molar-refractivity contribution in [3.8, 4) is 0 Å². The summed E-state index contributed by atoms with van der Waals surface area (Å²) in [6.07, 6.45) is 4.20. The number of primary amides is 1. The average molecular weight is 463 g/mol. The van der Waals surface area contributed by atoms with Crippen LogP contribution in [0.15, 0.2) is 54.6 Å². The summed E-state index contributed by atoms with van der Waals surface area (Å²) in [5, 5.41) is 3.03. The molecular weight excluding hydrogens is 428 g/mol. The standard InChI is InChI=1S/C27H34N4O3/c28-26(33)21-12-16-30(17-13-21)24-9-7-23(8-10-24)29-27(34)22-14-18-31(19-15-22)25(32)11-6-20-4-2-1-3-5-20/h1-5,7-10,21-22H,6,11-19H2,(H2,28,33)(H,29,34). The van der Waals surface area contributed by atoms with Crippen molar-refractivity contribution in [2.75, 3.05) is 36.4 Å². The number of rotatable bonds is 7. The van der Waals surface area contributed by atoms with Gasteiger partial charge in [0, 0.05) is 55.8 Å². The molecule has 0 saturated carbocycles. The van der Waals surface area contributed by atoms with Crippen molar-refractivity contribution in [2.45, 2.75) is 38.5 Å². The van der Waals surface area contributed by atoms with Gasteiger partial charge in [-0.05, 0) is 61.9 Å². The Bertz CT molecular complexity index is 977. The maximum atomic E-state index is 12.8. The summed E-state index contributed by atoms with van der Waals surface area (Å²) in [4.78, 5) is 40.8. The average Bonchev–Trinajstić information content (AvgIpc) is 2.88. The van der Waals surface area contributed by atoms with Gasteiger partial charge in [0.05, 0.1) is 0 Å². The molecule has 180 valence electrons. The summed E-state index contributed by atoms with van der Waals surface area (Å²) in [7, 11) is 0. The number of nitrogens with two attached hydrogens (primary N) is 1. The molecule has 2 heterocycles. The minimum Gasteiger partial charge on any atom is -0.371 e. The third kappa shape index (κ3) is 6.16. The molecule has 0 radical (unpaired) electrons. The molecule has 4 rings (SSSR count). The van der Waals surface area contributed by atoms with Crippen LogP contribution < -0.4 is 16.0 Å². The van der Waals surface area contributed by atoms with Crippen LogP contribution >= 0.6 is 0 Å². The lowest BCUT2D eigenvalue weighted by molar-refractivity contribution is -0.134. The fourth-order valence-corrected chi connectivity index (χ4v) is 4.87. The number of benzene rings is 2. The Morgan fingerprint density at radius 3 is 2.06 bits per heavy atom. The van der Waals surface area contributed by atoms with E-state index in [9.17, 15) is 14.4 Å². The van der Waals surface area contributed by atoms with Gasteiger partial charge in [-0.3, -0.25) is 14.4 Å². The molecule has 2 fully saturated rings. The van der Waals surface area contributed by atoms with E-state index in [0.29, 0.717) is 32.4 Å². The van der Waals surface area contributed by atoms with Gasteiger partial charge in [-0.25, -0.2) is 0 Å². The van der Waals surface area contributed by atoms with Gasteiger partial charge >= 0.3 is 0 Å². The number of hydrogen-bond acceptors (Lipinski definition) is 4. The van der Waals surface area contributed by atoms with Gasteiger partial charge in [-0.1, -0.05) is 30.3 Å². The van der Waals surface area contributed by atoms with Gasteiger partial charge in [0.15, 0.2) is 0 Å². The second kappa shape index (κ2) is 11.2. The van der Waals surface area contributed by atoms with Gasteiger partial charge in [0.25, 0.3) is 0 Å². The summed E-state index contributed by atoms with van der Waals surface area (Å²) >= 11 is 0. The summed E-state index contributed by atoms with van der Waals surface area (Å²) < 4.78 is 0. The first kappa shape index (κ1) is 23.8. The lowest BCUT2D eigenvalue weighted by Crippen LogP contribution is -2.41. The molecule has 34 heavy (non-hydrogen) atoms. The van der Waals surface area contributed by atoms with Crippen LogP contribution in [0.2, 0.25) is 0 Å². The van der Waals surface area contributed by atoms with Crippen LogP contribution in [0.5, 0.6) is 0 Å². The molecule has 2 aromatic rings. The van der Waals surface area contributed by atoms with Crippen LogP contribution in [-0.4, -0.2) is 48.8 Å². The second-order valence-electron chi connectivity index (χ2n) is 9.34. The molecule has 2 aliphatic heterocycles. The number of amides is 3. The predicted octanol–water partition coefficient (Wildman–Crippen LogP) is 3.20. The third-order valence-electron chi connectivity index (χ3n) is 7.09. The maximum Gasteiger partial charge on any atom is 0.227 e. The number of carbonyl (C=O) groups is 3. The molecule has 2 aliphatic rings. The minimum atomic E-state index is -0.208. The molecule has 0 bridgehead atoms. The number of aryl methyl sites for hydroxylation is 1. The first-order chi connectivity index (χ1) is 16.5. The zero-order valence-corrected chi connectivity index (χ0v) is 19.6. The van der Waals surface area contributed by atoms with Gasteiger partial charge in [-0.15, -0.1) is 0 Å². The highest BCUT2D eigenvalue weighted by Crippen LogP contribution is 2.25. The molecule has 0 aliphatic carbocycles. The molecule has 7 nitrogen and oxygen atoms in total. The van der Waals surface area contributed by atoms with Crippen molar-refractivity contribution in [2.24, 2.45) is 17.6 Å². The van der Waals surface area contributed by atoms with Crippen molar-refractivity contribution in [1.82, 2.24) is 4.90 Å². The van der Waals surface area contributed by atoms with E-state index in [-0.39, 0.29) is 29.6 Å². The lowest BCUT2D eigenvalue weighted by atomic mass is 9.95. The Morgan fingerprint density at radius 1 is 0.824 bits per heavy atom. The van der Waals surface area contributed by atoms with E-state index in [1.165, 1.54) is 5.56 Å². The number of likely N-dealkylation sites (tertiary alicyclic amines) is 1. The van der Waals surface area contributed by atoms with Crippen molar-refractivity contribution in [3.63, 3.8) is 0 Å². The Morgan fingerprint density at radius 2 is 1.44 bits per heavy atom. The zero-order chi connectivity index (χ0) is 23.9. The van der Waals surface area contributed by atoms with Crippen LogP contribution in [-0.2, 0) is 20.8 Å². The zero-order valence-electron chi connectivity index (χ0n) is 19.6. The first-order valence-electron chi connectivity index (χ1n) is 12.3. The number of piperidine rings is 2. The van der Waals surface area contributed by atoms with Gasteiger partial charge in [0.1, 0.15) is 0 Å². The normalized spacial score (nSPS) is 17.4. The first-order valence-corrected chi connectivity index (χ1v) is 12.3. The van der Waals surface area contributed by atoms with E-state index in [0.717, 1.165) is 43.7 Å². The second-order valence-corrected chi connectivity index (χ2v) is 9.34. The molecule has 7 heteroatoms. The smallest absolute Gasteiger partial charge is 0.227 e. The van der Waals surface area contributed by atoms with Crippen LogP contribution in [0, 0.1) is 11.8 Å². The molecule has 2 saturated heterocycles. The van der Waals surface area contributed by atoms with Gasteiger partial charge in [-0.2, -0.15) is 0 Å². The monoisotopic (exact) mass is 462 g/mol. The number of hydrogen-bond donors (Lipinski definition) is 2. The fourth-order valence-electron chi connectivity index (χ4n) is 4.87. The number of nitrogens with zero attached hydrogens (tertiary/aromatic N) is 2. The van der Waals surface area contributed by atoms with Gasteiger partial charge < -0.3 is 20.9 Å². The van der Waals surface area contributed by atoms with Crippen LogP contribution in [0.4, 0.5) is 11.4 Å². The molecular formula is C27H34N4O3. The van der Waals surface area contributed by atoms with E-state index in [2.05, 4.69) is 10.2 Å². The van der Waals surface area contributed by atoms with Crippen molar-refractivity contribution in [3.05, 3.63) is 60.2 Å². The Kier molecular flexibility index (Phi) is 7.83. The van der Waals surface area contributed by atoms with Crippen LogP contribution in [0.25, 0.3) is 0 Å². The molecule has 0 aromatic heterocycles. The SMILES string of the molecule is NC(=O)C1CCN(c2ccc(NC(=O)C3CCN(C(=O)CCc4ccccc4)CC3)cc2)CC1. The molecule has 0 unspecified atom stereocenters. The largest absolute Gasteiger partial charge is 0.371 e. The topological polar surface area (TPSA) is 95.7 Å². The van der Waals surface area contributed by atoms with E-state index < -0.39 is 0 Å². The summed E-state index contributed by atoms with van der Waals surface area (Å²) in [6.45, 7) is 2.88. The van der Waals surface area contributed by atoms with E-state index >= 15 is 0 Å². The van der Waals surface area contributed by atoms with E-state index in [1.807, 2.05) is 59.5 Å². The fraction of sp³-hybridized carbons (Fsp3) is 0.444. The molecule has 0 atom stereocenters. The number of carbonyl (C=O) groups excluding carboxylic acids is 3. The highest BCUT2D eigenvalue weighted by atomic mass is 16.2. The molecule has 3 amide bonds. The van der Waals surface area contributed by atoms with Crippen molar-refractivity contribution < 1.29 is 14.4 Å². The maximum absolute atomic E-state index is 12.8. The number of nitrogens with one attached hydrogen (secondary N) is 1. The Balaban J connectivity index is 1.20. The van der Waals surface area contributed by atoms with Crippen molar-refractivity contribution in [1.29, 1.82) is 0 Å². The third-order valence-corrected chi connectivity index (χ3v) is 7.09. The molecule has 0 spiro atoms. The van der Waals surface area contributed by atoms with Crippen LogP contribution in [0.1, 0.15) is 37.7 Å². The Hall–Kier alpha value is -3.35. The van der Waals surface area contributed by atoms with E-state index in [1.54, 1.807) is 0 Å². The highest BCUT2D eigenvalue weighted by Gasteiger charge is 2.27. The summed E-state index contributed by atoms with van der Waals surface area (Å²) in [5.74, 6) is -0.129. The molecule has 2 aromatic carbocycles. The minimum absolute atomic E-state index is 0.0198. The highest BCUT2D eigenvalue weighted by molar-refractivity contribution is 5.93. The van der Waals surface area contributed by atoms with Gasteiger partial charge in [0.2, 0.25) is 17.7 Å². The lowest BCUT2D eigenvalue weighted by Gasteiger charge is -2.32. The quantitative estimate of drug-likeness (QED) is 0.661. The summed E-state index contributed by atoms with van der Waals surface area (Å²) in [5.41, 5.74) is 8.46. The van der Waals surface area contributed by atoms with E-state index in [4.69, 9.17) is 5.73 Å². The summed E-state index contributed by atoms with van der Waals surface area (Å²) in [6, 6.07) is 17.9. The Labute approximate surface area is 201 Å². The van der Waals surface area contributed by atoms with Crippen LogP contribution in [0.3, 0.4) is 0 Å². The predicted molar refractivity (Wildman–Crippen MR) is 133 cm³/mol. The van der Waals surface area contributed by atoms with Crippen molar-refractivity contribution >= 4 is 29.1 Å². The number of anilines is 2. The molecule has 3 N–H and O–H groups in total.